The van der Waals surface area contributed by atoms with E-state index in [2.05, 4.69) is 10.6 Å². The topological polar surface area (TPSA) is 129 Å². The van der Waals surface area contributed by atoms with Crippen molar-refractivity contribution in [1.29, 1.82) is 0 Å². The minimum Gasteiger partial charge on any atom is -0.460 e. The quantitative estimate of drug-likeness (QED) is 0.165. The Balaban J connectivity index is 1.26. The first kappa shape index (κ1) is 32.6. The van der Waals surface area contributed by atoms with Crippen LogP contribution < -0.4 is 10.6 Å². The smallest absolute Gasteiger partial charge is 0.408 e. The molecule has 0 spiro atoms. The molecular weight excluding hydrogens is 564 g/mol. The zero-order valence-electron chi connectivity index (χ0n) is 25.0. The number of rotatable bonds is 12. The Kier molecular flexibility index (Phi) is 13.1. The molecule has 0 heterocycles. The molecule has 236 valence electrons. The highest BCUT2D eigenvalue weighted by Crippen LogP contribution is 2.22. The molecule has 44 heavy (non-hydrogen) atoms. The molecule has 0 unspecified atom stereocenters. The number of carbonyl (C=O) groups excluding carboxylic acids is 4. The number of ether oxygens (including phenoxy) is 4. The van der Waals surface area contributed by atoms with Gasteiger partial charge in [0.15, 0.2) is 0 Å². The molecule has 2 amide bonds. The molecule has 0 radical (unpaired) electrons. The SMILES string of the molecule is O=C(/C=C/C(=O)OC[C@H](NC(=O)OC1CCCCC1)c1ccccc1)OC[C@H](NC(=O)OC1CCCCC1)c1ccccc1. The molecule has 2 saturated carbocycles. The van der Waals surface area contributed by atoms with E-state index in [0.29, 0.717) is 0 Å². The zero-order chi connectivity index (χ0) is 31.0. The van der Waals surface area contributed by atoms with Gasteiger partial charge in [-0.15, -0.1) is 0 Å². The average Bonchev–Trinajstić information content (AvgIpc) is 3.05. The fraction of sp³-hybridized carbons (Fsp3) is 0.471. The van der Waals surface area contributed by atoms with E-state index < -0.39 is 36.2 Å². The molecule has 2 fully saturated rings. The van der Waals surface area contributed by atoms with E-state index in [4.69, 9.17) is 18.9 Å². The molecule has 0 aliphatic heterocycles. The maximum Gasteiger partial charge on any atom is 0.408 e. The Labute approximate surface area is 258 Å². The van der Waals surface area contributed by atoms with Crippen LogP contribution in [-0.2, 0) is 28.5 Å². The fourth-order valence-electron chi connectivity index (χ4n) is 5.40. The first-order chi connectivity index (χ1) is 21.5. The van der Waals surface area contributed by atoms with Crippen LogP contribution in [0.15, 0.2) is 72.8 Å². The number of esters is 2. The minimum absolute atomic E-state index is 0.115. The van der Waals surface area contributed by atoms with E-state index >= 15 is 0 Å². The standard InChI is InChI=1S/C34H42N2O8/c37-31(41-23-29(25-13-5-1-6-14-25)35-33(39)43-27-17-9-3-10-18-27)21-22-32(38)42-24-30(26-15-7-2-8-16-26)36-34(40)44-28-19-11-4-12-20-28/h1-2,5-8,13-16,21-22,27-30H,3-4,9-12,17-20,23-24H2,(H,35,39)(H,36,40)/b22-21+/t29-,30-/m0/s1. The van der Waals surface area contributed by atoms with Crippen molar-refractivity contribution in [2.75, 3.05) is 13.2 Å². The highest BCUT2D eigenvalue weighted by atomic mass is 16.6. The summed E-state index contributed by atoms with van der Waals surface area (Å²) >= 11 is 0. The second kappa shape index (κ2) is 17.7. The number of nitrogens with one attached hydrogen (secondary N) is 2. The van der Waals surface area contributed by atoms with Gasteiger partial charge in [0.25, 0.3) is 0 Å². The normalized spacial score (nSPS) is 17.2. The van der Waals surface area contributed by atoms with Gasteiger partial charge in [-0.1, -0.05) is 73.5 Å². The largest absolute Gasteiger partial charge is 0.460 e. The fourth-order valence-corrected chi connectivity index (χ4v) is 5.40. The summed E-state index contributed by atoms with van der Waals surface area (Å²) in [5.41, 5.74) is 1.48. The summed E-state index contributed by atoms with van der Waals surface area (Å²) < 4.78 is 21.8. The Morgan fingerprint density at radius 3 is 1.32 bits per heavy atom. The van der Waals surface area contributed by atoms with E-state index in [-0.39, 0.29) is 25.4 Å². The number of amides is 2. The van der Waals surface area contributed by atoms with Gasteiger partial charge in [-0.2, -0.15) is 0 Å². The number of benzene rings is 2. The van der Waals surface area contributed by atoms with Crippen molar-refractivity contribution in [3.05, 3.63) is 83.9 Å². The number of alkyl carbamates (subject to hydrolysis) is 2. The molecule has 2 aliphatic rings. The summed E-state index contributed by atoms with van der Waals surface area (Å²) in [6, 6.07) is 17.0. The third-order valence-corrected chi connectivity index (χ3v) is 7.78. The molecule has 10 nitrogen and oxygen atoms in total. The van der Waals surface area contributed by atoms with Crippen LogP contribution in [-0.4, -0.2) is 49.5 Å². The van der Waals surface area contributed by atoms with Crippen LogP contribution in [0.5, 0.6) is 0 Å². The predicted molar refractivity (Wildman–Crippen MR) is 162 cm³/mol. The molecular formula is C34H42N2O8. The third kappa shape index (κ3) is 11.4. The van der Waals surface area contributed by atoms with Crippen LogP contribution in [0.2, 0.25) is 0 Å². The molecule has 4 rings (SSSR count). The number of hydrogen-bond donors (Lipinski definition) is 2. The van der Waals surface area contributed by atoms with Gasteiger partial charge in [-0.05, 0) is 62.5 Å². The van der Waals surface area contributed by atoms with Gasteiger partial charge in [0.2, 0.25) is 0 Å². The molecule has 0 bridgehead atoms. The lowest BCUT2D eigenvalue weighted by atomic mass is 9.98. The third-order valence-electron chi connectivity index (χ3n) is 7.78. The highest BCUT2D eigenvalue weighted by molar-refractivity contribution is 5.91. The van der Waals surface area contributed by atoms with E-state index in [1.807, 2.05) is 60.7 Å². The van der Waals surface area contributed by atoms with Crippen molar-refractivity contribution < 1.29 is 38.1 Å². The minimum atomic E-state index is -0.779. The monoisotopic (exact) mass is 606 g/mol. The summed E-state index contributed by atoms with van der Waals surface area (Å²) in [5, 5.41) is 5.58. The van der Waals surface area contributed by atoms with E-state index in [9.17, 15) is 19.2 Å². The molecule has 10 heteroatoms. The highest BCUT2D eigenvalue weighted by Gasteiger charge is 2.23. The molecule has 0 aromatic heterocycles. The van der Waals surface area contributed by atoms with Gasteiger partial charge in [0, 0.05) is 12.2 Å². The van der Waals surface area contributed by atoms with Crippen molar-refractivity contribution in [2.45, 2.75) is 88.5 Å². The molecule has 0 saturated heterocycles. The van der Waals surface area contributed by atoms with Crippen LogP contribution in [0.1, 0.15) is 87.4 Å². The zero-order valence-corrected chi connectivity index (χ0v) is 25.0. The van der Waals surface area contributed by atoms with Crippen LogP contribution >= 0.6 is 0 Å². The van der Waals surface area contributed by atoms with Gasteiger partial charge in [0.05, 0.1) is 12.1 Å². The van der Waals surface area contributed by atoms with Crippen molar-refractivity contribution in [2.24, 2.45) is 0 Å². The Hall–Kier alpha value is -4.34. The molecule has 2 atom stereocenters. The van der Waals surface area contributed by atoms with Crippen LogP contribution in [0.4, 0.5) is 9.59 Å². The summed E-state index contributed by atoms with van der Waals surface area (Å²) in [7, 11) is 0. The van der Waals surface area contributed by atoms with E-state index in [1.165, 1.54) is 0 Å². The maximum absolute atomic E-state index is 12.6. The molecule has 2 aromatic carbocycles. The summed E-state index contributed by atoms with van der Waals surface area (Å²) in [6.07, 6.45) is 10.3. The second-order valence-electron chi connectivity index (χ2n) is 11.1. The maximum atomic E-state index is 12.6. The second-order valence-corrected chi connectivity index (χ2v) is 11.1. The summed E-state index contributed by atoms with van der Waals surface area (Å²) in [4.78, 5) is 50.0. The van der Waals surface area contributed by atoms with Crippen LogP contribution in [0.25, 0.3) is 0 Å². The van der Waals surface area contributed by atoms with Crippen molar-refractivity contribution >= 4 is 24.1 Å². The van der Waals surface area contributed by atoms with Gasteiger partial charge < -0.3 is 29.6 Å². The lowest BCUT2D eigenvalue weighted by Crippen LogP contribution is -2.35. The van der Waals surface area contributed by atoms with Crippen molar-refractivity contribution in [3.63, 3.8) is 0 Å². The van der Waals surface area contributed by atoms with Gasteiger partial charge >= 0.3 is 24.1 Å². The van der Waals surface area contributed by atoms with E-state index in [1.54, 1.807) is 0 Å². The Morgan fingerprint density at radius 2 is 0.955 bits per heavy atom. The van der Waals surface area contributed by atoms with Crippen molar-refractivity contribution in [3.8, 4) is 0 Å². The van der Waals surface area contributed by atoms with Gasteiger partial charge in [-0.25, -0.2) is 19.2 Å². The lowest BCUT2D eigenvalue weighted by molar-refractivity contribution is -0.141. The first-order valence-corrected chi connectivity index (χ1v) is 15.5. The molecule has 2 aromatic rings. The van der Waals surface area contributed by atoms with Crippen molar-refractivity contribution in [1.82, 2.24) is 10.6 Å². The summed E-state index contributed by atoms with van der Waals surface area (Å²) in [5.74, 6) is -1.56. The van der Waals surface area contributed by atoms with Crippen LogP contribution in [0.3, 0.4) is 0 Å². The predicted octanol–water partition coefficient (Wildman–Crippen LogP) is 6.23. The lowest BCUT2D eigenvalue weighted by Gasteiger charge is -2.24. The van der Waals surface area contributed by atoms with Gasteiger partial charge in [-0.3, -0.25) is 0 Å². The first-order valence-electron chi connectivity index (χ1n) is 15.5. The number of hydrogen-bond acceptors (Lipinski definition) is 8. The Morgan fingerprint density at radius 1 is 0.591 bits per heavy atom. The van der Waals surface area contributed by atoms with E-state index in [0.717, 1.165) is 87.5 Å². The summed E-state index contributed by atoms with van der Waals surface area (Å²) in [6.45, 7) is -0.323. The Bertz CT molecular complexity index is 1130. The van der Waals surface area contributed by atoms with Crippen LogP contribution in [0, 0.1) is 0 Å². The average molecular weight is 607 g/mol. The molecule has 2 aliphatic carbocycles. The number of carbonyl (C=O) groups is 4. The van der Waals surface area contributed by atoms with Gasteiger partial charge in [0.1, 0.15) is 25.4 Å². The molecule has 2 N–H and O–H groups in total.